The van der Waals surface area contributed by atoms with E-state index in [1.807, 2.05) is 13.0 Å². The monoisotopic (exact) mass is 240 g/mol. The molecule has 2 aromatic rings. The number of rotatable bonds is 2. The van der Waals surface area contributed by atoms with Gasteiger partial charge in [0.2, 0.25) is 0 Å². The van der Waals surface area contributed by atoms with Crippen molar-refractivity contribution in [3.63, 3.8) is 0 Å². The fourth-order valence-electron chi connectivity index (χ4n) is 1.75. The molecule has 4 heteroatoms. The number of phenolic OH excluding ortho intramolecular Hbond substituents is 1. The van der Waals surface area contributed by atoms with Gasteiger partial charge in [0.25, 0.3) is 0 Å². The van der Waals surface area contributed by atoms with Gasteiger partial charge in [-0.05, 0) is 30.7 Å². The summed E-state index contributed by atoms with van der Waals surface area (Å²) in [6, 6.07) is 8.96. The Hall–Kier alpha value is -2.54. The fraction of sp³-hybridized carbons (Fsp3) is 0.143. The normalized spacial score (nSPS) is 9.83. The Kier molecular flexibility index (Phi) is 3.16. The van der Waals surface area contributed by atoms with Gasteiger partial charge in [0.05, 0.1) is 12.7 Å². The third-order valence-electron chi connectivity index (χ3n) is 2.65. The first-order chi connectivity index (χ1) is 8.65. The lowest BCUT2D eigenvalue weighted by molar-refractivity contribution is 0.373. The van der Waals surface area contributed by atoms with E-state index in [1.54, 1.807) is 18.2 Å². The van der Waals surface area contributed by atoms with Crippen LogP contribution < -0.4 is 4.74 Å². The van der Waals surface area contributed by atoms with Crippen LogP contribution in [0.1, 0.15) is 11.3 Å². The minimum atomic E-state index is 0.0494. The zero-order valence-electron chi connectivity index (χ0n) is 10.1. The molecule has 1 heterocycles. The Balaban J connectivity index is 2.59. The van der Waals surface area contributed by atoms with Crippen molar-refractivity contribution in [2.75, 3.05) is 7.11 Å². The van der Waals surface area contributed by atoms with Gasteiger partial charge in [-0.15, -0.1) is 0 Å². The van der Waals surface area contributed by atoms with E-state index in [0.717, 1.165) is 16.8 Å². The lowest BCUT2D eigenvalue weighted by Gasteiger charge is -2.08. The first-order valence-electron chi connectivity index (χ1n) is 5.40. The number of pyridine rings is 1. The van der Waals surface area contributed by atoms with Crippen molar-refractivity contribution in [1.29, 1.82) is 5.26 Å². The van der Waals surface area contributed by atoms with Crippen LogP contribution in [-0.4, -0.2) is 17.2 Å². The maximum Gasteiger partial charge on any atom is 0.160 e. The van der Waals surface area contributed by atoms with Crippen molar-refractivity contribution in [2.24, 2.45) is 0 Å². The molecule has 0 amide bonds. The summed E-state index contributed by atoms with van der Waals surface area (Å²) in [5, 5.41) is 18.8. The lowest BCUT2D eigenvalue weighted by atomic mass is 10.0. The molecule has 0 aliphatic heterocycles. The Bertz CT molecular complexity index is 630. The number of nitrogens with zero attached hydrogens (tertiary/aromatic N) is 2. The molecular weight excluding hydrogens is 228 g/mol. The number of aryl methyl sites for hydroxylation is 1. The highest BCUT2D eigenvalue weighted by molar-refractivity contribution is 5.72. The van der Waals surface area contributed by atoms with Gasteiger partial charge >= 0.3 is 0 Å². The molecule has 90 valence electrons. The van der Waals surface area contributed by atoms with Gasteiger partial charge in [0.1, 0.15) is 6.07 Å². The molecule has 0 aliphatic carbocycles. The van der Waals surface area contributed by atoms with Crippen LogP contribution in [0.15, 0.2) is 30.5 Å². The van der Waals surface area contributed by atoms with Gasteiger partial charge in [0, 0.05) is 17.5 Å². The van der Waals surface area contributed by atoms with E-state index < -0.39 is 0 Å². The predicted molar refractivity (Wildman–Crippen MR) is 67.3 cm³/mol. The van der Waals surface area contributed by atoms with Crippen molar-refractivity contribution in [1.82, 2.24) is 4.98 Å². The highest BCUT2D eigenvalue weighted by Crippen LogP contribution is 2.32. The van der Waals surface area contributed by atoms with Crippen LogP contribution in [0.5, 0.6) is 11.5 Å². The highest BCUT2D eigenvalue weighted by Gasteiger charge is 2.09. The zero-order valence-corrected chi connectivity index (χ0v) is 10.1. The third kappa shape index (κ3) is 2.11. The predicted octanol–water partition coefficient (Wildman–Crippen LogP) is 2.64. The Morgan fingerprint density at radius 1 is 1.33 bits per heavy atom. The molecule has 0 saturated heterocycles. The summed E-state index contributed by atoms with van der Waals surface area (Å²) in [4.78, 5) is 4.08. The molecule has 18 heavy (non-hydrogen) atoms. The summed E-state index contributed by atoms with van der Waals surface area (Å²) in [7, 11) is 1.49. The van der Waals surface area contributed by atoms with Crippen LogP contribution in [0.25, 0.3) is 11.1 Å². The molecule has 0 bridgehead atoms. The van der Waals surface area contributed by atoms with Gasteiger partial charge in [-0.3, -0.25) is 4.98 Å². The van der Waals surface area contributed by atoms with Crippen molar-refractivity contribution >= 4 is 0 Å². The molecular formula is C14H12N2O2. The molecule has 4 nitrogen and oxygen atoms in total. The Morgan fingerprint density at radius 2 is 2.11 bits per heavy atom. The first kappa shape index (κ1) is 11.9. The number of ether oxygens (including phenoxy) is 1. The number of phenols is 1. The number of benzene rings is 1. The molecule has 0 unspecified atom stereocenters. The zero-order chi connectivity index (χ0) is 13.1. The van der Waals surface area contributed by atoms with Crippen molar-refractivity contribution < 1.29 is 9.84 Å². The molecule has 0 saturated carbocycles. The van der Waals surface area contributed by atoms with Gasteiger partial charge in [-0.1, -0.05) is 6.07 Å². The fourth-order valence-corrected chi connectivity index (χ4v) is 1.75. The van der Waals surface area contributed by atoms with E-state index in [0.29, 0.717) is 11.3 Å². The quantitative estimate of drug-likeness (QED) is 0.876. The number of hydrogen-bond acceptors (Lipinski definition) is 4. The molecule has 0 atom stereocenters. The van der Waals surface area contributed by atoms with Gasteiger partial charge in [0.15, 0.2) is 11.5 Å². The van der Waals surface area contributed by atoms with E-state index in [9.17, 15) is 5.11 Å². The van der Waals surface area contributed by atoms with Crippen molar-refractivity contribution in [2.45, 2.75) is 6.92 Å². The molecule has 2 rings (SSSR count). The van der Waals surface area contributed by atoms with Gasteiger partial charge in [-0.25, -0.2) is 0 Å². The minimum absolute atomic E-state index is 0.0494. The lowest BCUT2D eigenvalue weighted by Crippen LogP contribution is -1.90. The van der Waals surface area contributed by atoms with E-state index in [1.165, 1.54) is 13.3 Å². The van der Waals surface area contributed by atoms with E-state index in [-0.39, 0.29) is 5.75 Å². The summed E-state index contributed by atoms with van der Waals surface area (Å²) >= 11 is 0. The molecule has 1 aromatic carbocycles. The summed E-state index contributed by atoms with van der Waals surface area (Å²) in [6.45, 7) is 1.86. The highest BCUT2D eigenvalue weighted by atomic mass is 16.5. The van der Waals surface area contributed by atoms with Gasteiger partial charge in [-0.2, -0.15) is 5.26 Å². The summed E-state index contributed by atoms with van der Waals surface area (Å²) in [5.41, 5.74) is 2.81. The van der Waals surface area contributed by atoms with Gasteiger partial charge < -0.3 is 9.84 Å². The van der Waals surface area contributed by atoms with Crippen LogP contribution in [0.3, 0.4) is 0 Å². The second kappa shape index (κ2) is 4.76. The Morgan fingerprint density at radius 3 is 2.72 bits per heavy atom. The number of nitriles is 1. The number of methoxy groups -OCH3 is 1. The maximum absolute atomic E-state index is 9.76. The smallest absolute Gasteiger partial charge is 0.160 e. The first-order valence-corrected chi connectivity index (χ1v) is 5.40. The van der Waals surface area contributed by atoms with Crippen molar-refractivity contribution in [3.05, 3.63) is 41.7 Å². The molecule has 0 aliphatic rings. The van der Waals surface area contributed by atoms with E-state index in [4.69, 9.17) is 10.00 Å². The minimum Gasteiger partial charge on any atom is -0.504 e. The molecule has 0 radical (unpaired) electrons. The summed E-state index contributed by atoms with van der Waals surface area (Å²) < 4.78 is 4.99. The van der Waals surface area contributed by atoms with Crippen LogP contribution in [0, 0.1) is 18.3 Å². The number of aromatic nitrogens is 1. The number of hydrogen-bond donors (Lipinski definition) is 1. The second-order valence-electron chi connectivity index (χ2n) is 3.87. The summed E-state index contributed by atoms with van der Waals surface area (Å²) in [6.07, 6.45) is 1.53. The second-order valence-corrected chi connectivity index (χ2v) is 3.87. The largest absolute Gasteiger partial charge is 0.504 e. The summed E-state index contributed by atoms with van der Waals surface area (Å²) in [5.74, 6) is 0.455. The third-order valence-corrected chi connectivity index (χ3v) is 2.65. The van der Waals surface area contributed by atoms with Crippen LogP contribution >= 0.6 is 0 Å². The maximum atomic E-state index is 9.76. The van der Waals surface area contributed by atoms with E-state index in [2.05, 4.69) is 11.1 Å². The topological polar surface area (TPSA) is 66.1 Å². The average molecular weight is 240 g/mol. The molecule has 0 spiro atoms. The number of aromatic hydroxyl groups is 1. The van der Waals surface area contributed by atoms with E-state index >= 15 is 0 Å². The van der Waals surface area contributed by atoms with Crippen LogP contribution in [0.4, 0.5) is 0 Å². The SMILES string of the molecule is COc1ccc(-c2cc(C)ncc2C#N)cc1O. The van der Waals surface area contributed by atoms with Crippen LogP contribution in [0.2, 0.25) is 0 Å². The van der Waals surface area contributed by atoms with Crippen molar-refractivity contribution in [3.8, 4) is 28.7 Å². The van der Waals surface area contributed by atoms with Crippen LogP contribution in [-0.2, 0) is 0 Å². The molecule has 1 aromatic heterocycles. The molecule has 1 N–H and O–H groups in total. The molecule has 0 fully saturated rings. The standard InChI is InChI=1S/C14H12N2O2/c1-9-5-12(11(7-15)8-16-9)10-3-4-14(18-2)13(17)6-10/h3-6,8,17H,1-2H3. The Labute approximate surface area is 105 Å². The average Bonchev–Trinajstić information content (AvgIpc) is 2.38.